The summed E-state index contributed by atoms with van der Waals surface area (Å²) in [6.45, 7) is 1.38. The van der Waals surface area contributed by atoms with Gasteiger partial charge in [-0.3, -0.25) is 9.89 Å². The van der Waals surface area contributed by atoms with Crippen LogP contribution in [0.15, 0.2) is 54.6 Å². The number of hydrogen-bond acceptors (Lipinski definition) is 4. The Hall–Kier alpha value is -3.12. The minimum atomic E-state index is -0.655. The van der Waals surface area contributed by atoms with E-state index in [0.29, 0.717) is 16.4 Å². The van der Waals surface area contributed by atoms with Gasteiger partial charge >= 0.3 is 5.97 Å². The van der Waals surface area contributed by atoms with Gasteiger partial charge in [-0.1, -0.05) is 48.0 Å². The lowest BCUT2D eigenvalue weighted by molar-refractivity contribution is -0.119. The molecule has 7 heteroatoms. The van der Waals surface area contributed by atoms with Crippen LogP contribution >= 0.6 is 11.6 Å². The largest absolute Gasteiger partial charge is 0.451 e. The molecule has 0 spiro atoms. The Labute approximate surface area is 155 Å². The summed E-state index contributed by atoms with van der Waals surface area (Å²) in [4.78, 5) is 24.1. The van der Waals surface area contributed by atoms with Crippen LogP contribution < -0.4 is 5.32 Å². The first kappa shape index (κ1) is 17.7. The summed E-state index contributed by atoms with van der Waals surface area (Å²) in [6, 6.07) is 16.2. The molecule has 0 aliphatic rings. The van der Waals surface area contributed by atoms with E-state index in [2.05, 4.69) is 15.5 Å². The second-order valence-corrected chi connectivity index (χ2v) is 5.98. The van der Waals surface area contributed by atoms with Gasteiger partial charge in [-0.25, -0.2) is 4.79 Å². The number of anilines is 1. The van der Waals surface area contributed by atoms with Gasteiger partial charge in [0.15, 0.2) is 6.61 Å². The van der Waals surface area contributed by atoms with E-state index in [-0.39, 0.29) is 5.69 Å². The molecule has 0 radical (unpaired) electrons. The third-order valence-corrected chi connectivity index (χ3v) is 4.15. The highest BCUT2D eigenvalue weighted by molar-refractivity contribution is 6.31. The molecule has 0 fully saturated rings. The van der Waals surface area contributed by atoms with Crippen LogP contribution in [0.4, 0.5) is 5.69 Å². The van der Waals surface area contributed by atoms with E-state index < -0.39 is 18.5 Å². The quantitative estimate of drug-likeness (QED) is 0.669. The number of esters is 1. The van der Waals surface area contributed by atoms with Gasteiger partial charge in [0.05, 0.1) is 5.69 Å². The van der Waals surface area contributed by atoms with Crippen molar-refractivity contribution in [2.75, 3.05) is 11.9 Å². The fourth-order valence-corrected chi connectivity index (χ4v) is 2.50. The van der Waals surface area contributed by atoms with Crippen molar-refractivity contribution < 1.29 is 14.3 Å². The van der Waals surface area contributed by atoms with Crippen molar-refractivity contribution in [2.24, 2.45) is 0 Å². The molecule has 0 atom stereocenters. The number of amides is 1. The van der Waals surface area contributed by atoms with Crippen molar-refractivity contribution in [1.82, 2.24) is 10.2 Å². The normalized spacial score (nSPS) is 10.4. The van der Waals surface area contributed by atoms with Gasteiger partial charge in [-0.2, -0.15) is 5.10 Å². The average Bonchev–Trinajstić information content (AvgIpc) is 3.14. The Bertz CT molecular complexity index is 938. The molecule has 0 bridgehead atoms. The molecule has 3 aromatic rings. The lowest BCUT2D eigenvalue weighted by atomic mass is 10.1. The summed E-state index contributed by atoms with van der Waals surface area (Å²) in [5.74, 6) is -1.11. The third-order valence-electron chi connectivity index (χ3n) is 3.74. The molecule has 0 unspecified atom stereocenters. The molecule has 0 saturated carbocycles. The second-order valence-electron chi connectivity index (χ2n) is 5.57. The molecular weight excluding hydrogens is 354 g/mol. The summed E-state index contributed by atoms with van der Waals surface area (Å²) in [5.41, 5.74) is 2.99. The highest BCUT2D eigenvalue weighted by Gasteiger charge is 2.15. The number of ether oxygens (including phenoxy) is 1. The number of hydrogen-bond donors (Lipinski definition) is 2. The van der Waals surface area contributed by atoms with Crippen molar-refractivity contribution in [2.45, 2.75) is 6.92 Å². The summed E-state index contributed by atoms with van der Waals surface area (Å²) >= 11 is 6.01. The average molecular weight is 370 g/mol. The molecule has 6 nitrogen and oxygen atoms in total. The van der Waals surface area contributed by atoms with Crippen molar-refractivity contribution >= 4 is 29.2 Å². The number of H-pyrrole nitrogens is 1. The Morgan fingerprint density at radius 1 is 1.15 bits per heavy atom. The van der Waals surface area contributed by atoms with Crippen LogP contribution in [0, 0.1) is 6.92 Å². The molecule has 1 heterocycles. The molecule has 0 aliphatic carbocycles. The van der Waals surface area contributed by atoms with Crippen molar-refractivity contribution in [3.8, 4) is 11.3 Å². The first-order chi connectivity index (χ1) is 12.5. The van der Waals surface area contributed by atoms with E-state index in [9.17, 15) is 9.59 Å². The zero-order valence-corrected chi connectivity index (χ0v) is 14.7. The second kappa shape index (κ2) is 7.84. The summed E-state index contributed by atoms with van der Waals surface area (Å²) < 4.78 is 5.03. The van der Waals surface area contributed by atoms with Crippen LogP contribution in [-0.2, 0) is 9.53 Å². The predicted octanol–water partition coefficient (Wildman–Crippen LogP) is 3.83. The van der Waals surface area contributed by atoms with E-state index in [1.54, 1.807) is 31.2 Å². The zero-order valence-electron chi connectivity index (χ0n) is 14.0. The number of benzene rings is 2. The van der Waals surface area contributed by atoms with E-state index in [4.69, 9.17) is 16.3 Å². The molecule has 0 saturated heterocycles. The van der Waals surface area contributed by atoms with E-state index in [1.165, 1.54) is 0 Å². The first-order valence-electron chi connectivity index (χ1n) is 7.87. The fourth-order valence-electron chi connectivity index (χ4n) is 2.32. The Kier molecular flexibility index (Phi) is 5.34. The number of nitrogens with one attached hydrogen (secondary N) is 2. The minimum absolute atomic E-state index is 0.176. The molecular formula is C19H16ClN3O3. The molecule has 2 aromatic carbocycles. The zero-order chi connectivity index (χ0) is 18.5. The van der Waals surface area contributed by atoms with Gasteiger partial charge in [0.25, 0.3) is 5.91 Å². The molecule has 26 heavy (non-hydrogen) atoms. The standard InChI is InChI=1S/C19H16ClN3O3/c1-12-14(20)8-5-9-15(12)21-18(24)11-26-19(25)17-10-16(22-23-17)13-6-3-2-4-7-13/h2-10H,11H2,1H3,(H,21,24)(H,22,23). The molecule has 1 amide bonds. The van der Waals surface area contributed by atoms with Crippen molar-refractivity contribution in [1.29, 1.82) is 0 Å². The number of carbonyl (C=O) groups excluding carboxylic acids is 2. The number of nitrogens with zero attached hydrogens (tertiary/aromatic N) is 1. The topological polar surface area (TPSA) is 84.1 Å². The van der Waals surface area contributed by atoms with Gasteiger partial charge in [-0.05, 0) is 30.7 Å². The van der Waals surface area contributed by atoms with Crippen LogP contribution in [0.5, 0.6) is 0 Å². The fraction of sp³-hybridized carbons (Fsp3) is 0.105. The minimum Gasteiger partial charge on any atom is -0.451 e. The van der Waals surface area contributed by atoms with E-state index in [1.807, 2.05) is 30.3 Å². The Morgan fingerprint density at radius 3 is 2.69 bits per heavy atom. The highest BCUT2D eigenvalue weighted by atomic mass is 35.5. The Morgan fingerprint density at radius 2 is 1.92 bits per heavy atom. The molecule has 0 aliphatic heterocycles. The predicted molar refractivity (Wildman–Crippen MR) is 99.1 cm³/mol. The number of carbonyl (C=O) groups is 2. The molecule has 2 N–H and O–H groups in total. The number of halogens is 1. The molecule has 1 aromatic heterocycles. The monoisotopic (exact) mass is 369 g/mol. The van der Waals surface area contributed by atoms with Crippen LogP contribution in [0.3, 0.4) is 0 Å². The van der Waals surface area contributed by atoms with Gasteiger partial charge in [0.2, 0.25) is 0 Å². The SMILES string of the molecule is Cc1c(Cl)cccc1NC(=O)COC(=O)c1cc(-c2ccccc2)n[nH]1. The van der Waals surface area contributed by atoms with Gasteiger partial charge < -0.3 is 10.1 Å². The van der Waals surface area contributed by atoms with Crippen LogP contribution in [0.25, 0.3) is 11.3 Å². The number of aromatic nitrogens is 2. The smallest absolute Gasteiger partial charge is 0.356 e. The van der Waals surface area contributed by atoms with Crippen LogP contribution in [0.2, 0.25) is 5.02 Å². The van der Waals surface area contributed by atoms with Crippen molar-refractivity contribution in [3.63, 3.8) is 0 Å². The van der Waals surface area contributed by atoms with Crippen LogP contribution in [-0.4, -0.2) is 28.7 Å². The maximum Gasteiger partial charge on any atom is 0.356 e. The summed E-state index contributed by atoms with van der Waals surface area (Å²) in [5, 5.41) is 9.91. The van der Waals surface area contributed by atoms with Crippen molar-refractivity contribution in [3.05, 3.63) is 70.9 Å². The van der Waals surface area contributed by atoms with E-state index >= 15 is 0 Å². The number of rotatable bonds is 5. The Balaban J connectivity index is 1.58. The summed E-state index contributed by atoms with van der Waals surface area (Å²) in [7, 11) is 0. The van der Waals surface area contributed by atoms with Gasteiger partial charge in [-0.15, -0.1) is 0 Å². The van der Waals surface area contributed by atoms with Gasteiger partial charge in [0.1, 0.15) is 5.69 Å². The maximum atomic E-state index is 12.1. The first-order valence-corrected chi connectivity index (χ1v) is 8.25. The maximum absolute atomic E-state index is 12.1. The lowest BCUT2D eigenvalue weighted by Crippen LogP contribution is -2.21. The summed E-state index contributed by atoms with van der Waals surface area (Å²) in [6.07, 6.45) is 0. The lowest BCUT2D eigenvalue weighted by Gasteiger charge is -2.09. The van der Waals surface area contributed by atoms with E-state index in [0.717, 1.165) is 11.1 Å². The third kappa shape index (κ3) is 4.10. The van der Waals surface area contributed by atoms with Crippen LogP contribution in [0.1, 0.15) is 16.1 Å². The highest BCUT2D eigenvalue weighted by Crippen LogP contribution is 2.22. The number of aromatic amines is 1. The molecule has 3 rings (SSSR count). The van der Waals surface area contributed by atoms with Gasteiger partial charge in [0, 0.05) is 16.3 Å². The molecule has 132 valence electrons.